The predicted molar refractivity (Wildman–Crippen MR) is 109 cm³/mol. The molecule has 1 amide bonds. The molecule has 1 heterocycles. The standard InChI is InChI=1S/C23H25NO4/c1-15(2)20-10-8-16(3)12-22(20)27-14-19-9-11-21(28-19)23(25)24-17-6-5-7-18(13-17)26-4/h5-13,15H,14H2,1-4H3,(H,24,25). The molecule has 3 rings (SSSR count). The molecular formula is C23H25NO4. The highest BCUT2D eigenvalue weighted by Gasteiger charge is 2.14. The lowest BCUT2D eigenvalue weighted by atomic mass is 10.0. The molecule has 2 aromatic carbocycles. The number of carbonyl (C=O) groups excluding carboxylic acids is 1. The topological polar surface area (TPSA) is 60.7 Å². The number of rotatable bonds is 7. The molecule has 146 valence electrons. The fourth-order valence-corrected chi connectivity index (χ4v) is 2.86. The zero-order chi connectivity index (χ0) is 20.1. The number of amides is 1. The van der Waals surface area contributed by atoms with Crippen LogP contribution >= 0.6 is 0 Å². The van der Waals surface area contributed by atoms with Gasteiger partial charge in [-0.25, -0.2) is 0 Å². The molecule has 0 bridgehead atoms. The van der Waals surface area contributed by atoms with E-state index in [0.29, 0.717) is 23.1 Å². The minimum absolute atomic E-state index is 0.231. The van der Waals surface area contributed by atoms with Crippen LogP contribution in [0.3, 0.4) is 0 Å². The molecule has 0 aliphatic carbocycles. The van der Waals surface area contributed by atoms with E-state index in [1.807, 2.05) is 25.1 Å². The van der Waals surface area contributed by atoms with Gasteiger partial charge in [0.15, 0.2) is 5.76 Å². The van der Waals surface area contributed by atoms with Crippen molar-refractivity contribution >= 4 is 11.6 Å². The Morgan fingerprint density at radius 1 is 1.11 bits per heavy atom. The van der Waals surface area contributed by atoms with Crippen molar-refractivity contribution in [2.75, 3.05) is 12.4 Å². The lowest BCUT2D eigenvalue weighted by Crippen LogP contribution is -2.10. The highest BCUT2D eigenvalue weighted by atomic mass is 16.5. The Balaban J connectivity index is 1.66. The minimum Gasteiger partial charge on any atom is -0.497 e. The van der Waals surface area contributed by atoms with Gasteiger partial charge in [0.2, 0.25) is 0 Å². The number of carbonyl (C=O) groups is 1. The van der Waals surface area contributed by atoms with Crippen molar-refractivity contribution in [2.24, 2.45) is 0 Å². The van der Waals surface area contributed by atoms with Gasteiger partial charge >= 0.3 is 0 Å². The van der Waals surface area contributed by atoms with Crippen molar-refractivity contribution in [3.8, 4) is 11.5 Å². The molecule has 1 N–H and O–H groups in total. The number of ether oxygens (including phenoxy) is 2. The van der Waals surface area contributed by atoms with E-state index in [-0.39, 0.29) is 18.3 Å². The molecule has 0 aliphatic heterocycles. The fourth-order valence-electron chi connectivity index (χ4n) is 2.86. The third-order valence-corrected chi connectivity index (χ3v) is 4.37. The van der Waals surface area contributed by atoms with Crippen LogP contribution in [0.4, 0.5) is 5.69 Å². The van der Waals surface area contributed by atoms with Crippen LogP contribution in [-0.2, 0) is 6.61 Å². The van der Waals surface area contributed by atoms with Crippen LogP contribution in [0, 0.1) is 6.92 Å². The van der Waals surface area contributed by atoms with Crippen LogP contribution in [-0.4, -0.2) is 13.0 Å². The summed E-state index contributed by atoms with van der Waals surface area (Å²) in [7, 11) is 1.58. The highest BCUT2D eigenvalue weighted by Crippen LogP contribution is 2.28. The fraction of sp³-hybridized carbons (Fsp3) is 0.261. The lowest BCUT2D eigenvalue weighted by Gasteiger charge is -2.14. The first-order valence-electron chi connectivity index (χ1n) is 9.23. The molecule has 0 saturated carbocycles. The molecule has 0 atom stereocenters. The molecule has 0 fully saturated rings. The maximum absolute atomic E-state index is 12.4. The Labute approximate surface area is 165 Å². The van der Waals surface area contributed by atoms with E-state index in [1.165, 1.54) is 0 Å². The smallest absolute Gasteiger partial charge is 0.291 e. The van der Waals surface area contributed by atoms with Crippen LogP contribution < -0.4 is 14.8 Å². The maximum Gasteiger partial charge on any atom is 0.291 e. The number of benzene rings is 2. The van der Waals surface area contributed by atoms with Gasteiger partial charge < -0.3 is 19.2 Å². The van der Waals surface area contributed by atoms with E-state index < -0.39 is 0 Å². The lowest BCUT2D eigenvalue weighted by molar-refractivity contribution is 0.0992. The van der Waals surface area contributed by atoms with Gasteiger partial charge in [0.05, 0.1) is 7.11 Å². The van der Waals surface area contributed by atoms with Crippen molar-refractivity contribution in [1.82, 2.24) is 0 Å². The molecule has 0 saturated heterocycles. The van der Waals surface area contributed by atoms with E-state index in [4.69, 9.17) is 13.9 Å². The van der Waals surface area contributed by atoms with Gasteiger partial charge in [0.25, 0.3) is 5.91 Å². The molecule has 5 heteroatoms. The van der Waals surface area contributed by atoms with Crippen molar-refractivity contribution in [3.05, 3.63) is 77.2 Å². The molecule has 28 heavy (non-hydrogen) atoms. The number of furan rings is 1. The minimum atomic E-state index is -0.321. The van der Waals surface area contributed by atoms with Crippen LogP contribution in [0.1, 0.15) is 47.2 Å². The Bertz CT molecular complexity index is 959. The van der Waals surface area contributed by atoms with Gasteiger partial charge in [-0.2, -0.15) is 0 Å². The quantitative estimate of drug-likeness (QED) is 0.584. The molecule has 0 radical (unpaired) electrons. The zero-order valence-electron chi connectivity index (χ0n) is 16.6. The molecule has 0 aliphatic rings. The first kappa shape index (κ1) is 19.5. The SMILES string of the molecule is COc1cccc(NC(=O)c2ccc(COc3cc(C)ccc3C(C)C)o2)c1. The third kappa shape index (κ3) is 4.74. The summed E-state index contributed by atoms with van der Waals surface area (Å²) in [6.07, 6.45) is 0. The molecular weight excluding hydrogens is 354 g/mol. The van der Waals surface area contributed by atoms with Gasteiger partial charge in [0.1, 0.15) is 23.9 Å². The summed E-state index contributed by atoms with van der Waals surface area (Å²) >= 11 is 0. The number of anilines is 1. The van der Waals surface area contributed by atoms with E-state index >= 15 is 0 Å². The second-order valence-electron chi connectivity index (χ2n) is 6.94. The predicted octanol–water partition coefficient (Wildman–Crippen LogP) is 5.55. The van der Waals surface area contributed by atoms with Crippen LogP contribution in [0.25, 0.3) is 0 Å². The van der Waals surface area contributed by atoms with Crippen molar-refractivity contribution in [3.63, 3.8) is 0 Å². The number of hydrogen-bond acceptors (Lipinski definition) is 4. The maximum atomic E-state index is 12.4. The number of methoxy groups -OCH3 is 1. The first-order chi connectivity index (χ1) is 13.5. The van der Waals surface area contributed by atoms with E-state index in [0.717, 1.165) is 16.9 Å². The summed E-state index contributed by atoms with van der Waals surface area (Å²) in [4.78, 5) is 12.4. The summed E-state index contributed by atoms with van der Waals surface area (Å²) in [5, 5.41) is 2.80. The van der Waals surface area contributed by atoms with Gasteiger partial charge in [-0.1, -0.05) is 32.0 Å². The molecule has 1 aromatic heterocycles. The van der Waals surface area contributed by atoms with Crippen LogP contribution in [0.15, 0.2) is 59.0 Å². The zero-order valence-corrected chi connectivity index (χ0v) is 16.6. The Morgan fingerprint density at radius 2 is 1.93 bits per heavy atom. The first-order valence-corrected chi connectivity index (χ1v) is 9.23. The number of nitrogens with one attached hydrogen (secondary N) is 1. The Morgan fingerprint density at radius 3 is 2.68 bits per heavy atom. The summed E-state index contributed by atoms with van der Waals surface area (Å²) in [6, 6.07) is 16.8. The van der Waals surface area contributed by atoms with E-state index in [9.17, 15) is 4.79 Å². The normalized spacial score (nSPS) is 10.8. The summed E-state index contributed by atoms with van der Waals surface area (Å²) in [5.41, 5.74) is 2.92. The van der Waals surface area contributed by atoms with Gasteiger partial charge in [0, 0.05) is 11.8 Å². The number of hydrogen-bond donors (Lipinski definition) is 1. The van der Waals surface area contributed by atoms with Crippen molar-refractivity contribution in [2.45, 2.75) is 33.3 Å². The van der Waals surface area contributed by atoms with Crippen LogP contribution in [0.5, 0.6) is 11.5 Å². The Hall–Kier alpha value is -3.21. The Kier molecular flexibility index (Phi) is 6.04. The second kappa shape index (κ2) is 8.65. The monoisotopic (exact) mass is 379 g/mol. The summed E-state index contributed by atoms with van der Waals surface area (Å²) < 4.78 is 16.8. The second-order valence-corrected chi connectivity index (χ2v) is 6.94. The summed E-state index contributed by atoms with van der Waals surface area (Å²) in [6.45, 7) is 6.55. The van der Waals surface area contributed by atoms with Gasteiger partial charge in [-0.15, -0.1) is 0 Å². The average Bonchev–Trinajstić information content (AvgIpc) is 3.15. The van der Waals surface area contributed by atoms with Crippen LogP contribution in [0.2, 0.25) is 0 Å². The van der Waals surface area contributed by atoms with Crippen molar-refractivity contribution in [1.29, 1.82) is 0 Å². The molecule has 5 nitrogen and oxygen atoms in total. The van der Waals surface area contributed by atoms with Gasteiger partial charge in [-0.05, 0) is 54.3 Å². The van der Waals surface area contributed by atoms with Crippen molar-refractivity contribution < 1.29 is 18.7 Å². The van der Waals surface area contributed by atoms with E-state index in [1.54, 1.807) is 31.4 Å². The van der Waals surface area contributed by atoms with E-state index in [2.05, 4.69) is 31.3 Å². The molecule has 0 unspecified atom stereocenters. The molecule has 3 aromatic rings. The largest absolute Gasteiger partial charge is 0.497 e. The third-order valence-electron chi connectivity index (χ3n) is 4.37. The number of aryl methyl sites for hydroxylation is 1. The molecule has 0 spiro atoms. The summed E-state index contributed by atoms with van der Waals surface area (Å²) in [5.74, 6) is 2.37. The average molecular weight is 379 g/mol. The highest BCUT2D eigenvalue weighted by molar-refractivity contribution is 6.02. The van der Waals surface area contributed by atoms with Gasteiger partial charge in [-0.3, -0.25) is 4.79 Å².